The van der Waals surface area contributed by atoms with E-state index < -0.39 is 19.4 Å². The van der Waals surface area contributed by atoms with Gasteiger partial charge in [0.25, 0.3) is 0 Å². The first-order valence-corrected chi connectivity index (χ1v) is 5.32. The predicted molar refractivity (Wildman–Crippen MR) is 53.2 cm³/mol. The van der Waals surface area contributed by atoms with Crippen LogP contribution in [0.15, 0.2) is 0 Å². The summed E-state index contributed by atoms with van der Waals surface area (Å²) in [6.45, 7) is 1.13. The summed E-state index contributed by atoms with van der Waals surface area (Å²) in [4.78, 5) is 18.7. The monoisotopic (exact) mass is 230 g/mol. The maximum absolute atomic E-state index is 10.6. The van der Waals surface area contributed by atoms with Crippen LogP contribution >= 0.6 is 7.37 Å². The Hall–Kier alpha value is 1.62. The second kappa shape index (κ2) is 8.89. The van der Waals surface area contributed by atoms with Gasteiger partial charge in [0.1, 0.15) is 0 Å². The molecule has 0 aliphatic heterocycles. The first-order valence-electron chi connectivity index (χ1n) is 3.03. The molecule has 13 heavy (non-hydrogen) atoms. The van der Waals surface area contributed by atoms with Crippen molar-refractivity contribution in [2.75, 3.05) is 12.8 Å². The third-order valence-electron chi connectivity index (χ3n) is 1.10. The Kier molecular flexibility index (Phi) is 13.7. The van der Waals surface area contributed by atoms with Gasteiger partial charge in [-0.25, -0.2) is 4.79 Å². The summed E-state index contributed by atoms with van der Waals surface area (Å²) < 4.78 is 10.6. The van der Waals surface area contributed by atoms with Crippen molar-refractivity contribution in [1.29, 1.82) is 0 Å². The van der Waals surface area contributed by atoms with E-state index in [0.29, 0.717) is 0 Å². The van der Waals surface area contributed by atoms with E-state index in [1.165, 1.54) is 0 Å². The van der Waals surface area contributed by atoms with Crippen LogP contribution < -0.4 is 0 Å². The zero-order valence-electron chi connectivity index (χ0n) is 6.10. The fourth-order valence-electron chi connectivity index (χ4n) is 0.485. The molecule has 70 valence electrons. The Morgan fingerprint density at radius 2 is 1.85 bits per heavy atom. The van der Waals surface area contributed by atoms with Gasteiger partial charge < -0.3 is 15.1 Å². The molecule has 0 radical (unpaired) electrons. The van der Waals surface area contributed by atoms with Crippen LogP contribution in [0.5, 0.6) is 0 Å². The molecule has 5 nitrogen and oxygen atoms in total. The number of carboxylic acids is 1. The molecule has 0 aliphatic rings. The average Bonchev–Trinajstić information content (AvgIpc) is 1.80. The van der Waals surface area contributed by atoms with Gasteiger partial charge in [0.15, 0.2) is 13.5 Å². The van der Waals surface area contributed by atoms with E-state index in [1.54, 1.807) is 0 Å². The zero-order valence-corrected chi connectivity index (χ0v) is 6.99. The van der Waals surface area contributed by atoms with Crippen LogP contribution in [0.2, 0.25) is 0 Å². The van der Waals surface area contributed by atoms with Crippen LogP contribution in [0.3, 0.4) is 0 Å². The summed E-state index contributed by atoms with van der Waals surface area (Å²) in [7, 11) is -3.18. The van der Waals surface area contributed by atoms with Crippen molar-refractivity contribution in [2.24, 2.45) is 0 Å². The molecule has 8 heteroatoms. The quantitative estimate of drug-likeness (QED) is 0.400. The number of hydrogen-bond donors (Lipinski definition) is 3. The molecule has 0 amide bonds. The summed E-state index contributed by atoms with van der Waals surface area (Å²) in [5.41, 5.74) is 0. The van der Waals surface area contributed by atoms with Crippen LogP contribution in [0.4, 0.5) is 0 Å². The molecule has 0 spiro atoms. The van der Waals surface area contributed by atoms with Crippen molar-refractivity contribution in [2.45, 2.75) is 12.5 Å². The van der Waals surface area contributed by atoms with Gasteiger partial charge in [0.05, 0.1) is 0 Å². The van der Waals surface area contributed by atoms with Crippen LogP contribution in [-0.2, 0) is 9.36 Å². The maximum atomic E-state index is 10.6. The zero-order chi connectivity index (χ0) is 9.07. The van der Waals surface area contributed by atoms with E-state index in [4.69, 9.17) is 15.1 Å². The normalized spacial score (nSPS) is 15.9. The number of aliphatic hydroxyl groups is 1. The van der Waals surface area contributed by atoms with Gasteiger partial charge in [-0.3, -0.25) is 4.57 Å². The molecule has 2 atom stereocenters. The Morgan fingerprint density at radius 3 is 2.08 bits per heavy atom. The molecule has 0 saturated carbocycles. The average molecular weight is 230 g/mol. The van der Waals surface area contributed by atoms with Crippen LogP contribution in [0.25, 0.3) is 0 Å². The second-order valence-corrected chi connectivity index (χ2v) is 4.97. The standard InChI is InChI=1S/C5H11O5P.2Na.2H/c1-11(9,10)3-2-4(6)5(7)8;;;;/h4,6H,2-3H2,1H3,(H,7,8)(H,9,10);;;;. The number of aliphatic hydroxyl groups excluding tert-OH is 1. The van der Waals surface area contributed by atoms with Crippen molar-refractivity contribution < 1.29 is 24.5 Å². The summed E-state index contributed by atoms with van der Waals surface area (Å²) >= 11 is 0. The van der Waals surface area contributed by atoms with Crippen molar-refractivity contribution >= 4 is 72.5 Å². The summed E-state index contributed by atoms with van der Waals surface area (Å²) in [6, 6.07) is 0. The summed E-state index contributed by atoms with van der Waals surface area (Å²) in [6.07, 6.45) is -1.88. The van der Waals surface area contributed by atoms with Crippen molar-refractivity contribution in [3.05, 3.63) is 0 Å². The molecule has 0 aromatic carbocycles. The van der Waals surface area contributed by atoms with Gasteiger partial charge in [-0.1, -0.05) is 0 Å². The molecule has 2 unspecified atom stereocenters. The van der Waals surface area contributed by atoms with E-state index in [9.17, 15) is 9.36 Å². The molecule has 0 bridgehead atoms. The van der Waals surface area contributed by atoms with E-state index >= 15 is 0 Å². The first-order chi connectivity index (χ1) is 4.83. The molecule has 0 fully saturated rings. The van der Waals surface area contributed by atoms with E-state index in [2.05, 4.69) is 0 Å². The SMILES string of the molecule is CP(=O)(O)CCC(O)C(=O)O.[NaH].[NaH]. The Morgan fingerprint density at radius 1 is 1.46 bits per heavy atom. The molecule has 0 saturated heterocycles. The van der Waals surface area contributed by atoms with Crippen molar-refractivity contribution in [3.63, 3.8) is 0 Å². The van der Waals surface area contributed by atoms with Crippen molar-refractivity contribution in [1.82, 2.24) is 0 Å². The van der Waals surface area contributed by atoms with Crippen molar-refractivity contribution in [3.8, 4) is 0 Å². The molecular weight excluding hydrogens is 217 g/mol. The van der Waals surface area contributed by atoms with Crippen LogP contribution in [0, 0.1) is 0 Å². The van der Waals surface area contributed by atoms with Crippen LogP contribution in [0.1, 0.15) is 6.42 Å². The Bertz CT molecular complexity index is 191. The Balaban J connectivity index is -0.000000500. The molecule has 0 aromatic heterocycles. The fourth-order valence-corrected chi connectivity index (χ4v) is 1.21. The molecular formula is C5H13Na2O5P. The van der Waals surface area contributed by atoms with E-state index in [-0.39, 0.29) is 71.7 Å². The summed E-state index contributed by atoms with van der Waals surface area (Å²) in [5, 5.41) is 16.8. The van der Waals surface area contributed by atoms with Gasteiger partial charge in [0.2, 0.25) is 0 Å². The predicted octanol–water partition coefficient (Wildman–Crippen LogP) is -1.57. The molecule has 3 N–H and O–H groups in total. The molecule has 0 aromatic rings. The van der Waals surface area contributed by atoms with E-state index in [1.807, 2.05) is 0 Å². The summed E-state index contributed by atoms with van der Waals surface area (Å²) in [5.74, 6) is -1.36. The van der Waals surface area contributed by atoms with E-state index in [0.717, 1.165) is 6.66 Å². The second-order valence-electron chi connectivity index (χ2n) is 2.42. The van der Waals surface area contributed by atoms with Gasteiger partial charge >= 0.3 is 65.1 Å². The topological polar surface area (TPSA) is 94.8 Å². The minimum absolute atomic E-state index is 0. The van der Waals surface area contributed by atoms with Gasteiger partial charge in [-0.15, -0.1) is 0 Å². The van der Waals surface area contributed by atoms with Gasteiger partial charge in [-0.05, 0) is 6.42 Å². The number of carbonyl (C=O) groups is 1. The van der Waals surface area contributed by atoms with Crippen LogP contribution in [-0.4, -0.2) is 99.1 Å². The first kappa shape index (κ1) is 20.1. The number of aliphatic carboxylic acids is 1. The van der Waals surface area contributed by atoms with Gasteiger partial charge in [0, 0.05) is 12.8 Å². The third kappa shape index (κ3) is 13.6. The number of hydrogen-bond acceptors (Lipinski definition) is 3. The fraction of sp³-hybridized carbons (Fsp3) is 0.800. The Labute approximate surface area is 121 Å². The minimum atomic E-state index is -3.18. The van der Waals surface area contributed by atoms with Gasteiger partial charge in [-0.2, -0.15) is 0 Å². The molecule has 0 aliphatic carbocycles. The number of carboxylic acid groups (broad SMARTS) is 1. The number of rotatable bonds is 4. The molecule has 0 rings (SSSR count). The third-order valence-corrected chi connectivity index (χ3v) is 2.19. The molecule has 0 heterocycles.